The summed E-state index contributed by atoms with van der Waals surface area (Å²) in [7, 11) is 0. The van der Waals surface area contributed by atoms with Crippen molar-refractivity contribution < 1.29 is 14.7 Å². The Morgan fingerprint density at radius 1 is 1.04 bits per heavy atom. The van der Waals surface area contributed by atoms with Crippen LogP contribution in [0.15, 0.2) is 65.8 Å². The first-order valence-electron chi connectivity index (χ1n) is 7.05. The molecule has 2 aromatic rings. The summed E-state index contributed by atoms with van der Waals surface area (Å²) in [4.78, 5) is 23.9. The fraction of sp³-hybridized carbons (Fsp3) is 0.118. The van der Waals surface area contributed by atoms with E-state index in [1.807, 2.05) is 30.3 Å². The molecule has 6 nitrogen and oxygen atoms in total. The zero-order valence-corrected chi connectivity index (χ0v) is 12.3. The van der Waals surface area contributed by atoms with Crippen LogP contribution in [0, 0.1) is 0 Å². The lowest BCUT2D eigenvalue weighted by atomic mass is 10.2. The van der Waals surface area contributed by atoms with Gasteiger partial charge in [-0.1, -0.05) is 48.5 Å². The van der Waals surface area contributed by atoms with Gasteiger partial charge in [0.25, 0.3) is 11.8 Å². The number of aliphatic hydroxyl groups is 1. The highest BCUT2D eigenvalue weighted by atomic mass is 16.3. The summed E-state index contributed by atoms with van der Waals surface area (Å²) in [6.45, 7) is -0.523. The molecule has 3 N–H and O–H groups in total. The molecule has 0 radical (unpaired) electrons. The molecule has 2 amide bonds. The molecule has 0 fully saturated rings. The predicted molar refractivity (Wildman–Crippen MR) is 87.0 cm³/mol. The Bertz CT molecular complexity index is 672. The average molecular weight is 311 g/mol. The van der Waals surface area contributed by atoms with Crippen LogP contribution in [0.3, 0.4) is 0 Å². The smallest absolute Gasteiger partial charge is 0.265 e. The molecule has 2 aromatic carbocycles. The molecule has 0 aliphatic heterocycles. The molecule has 0 saturated carbocycles. The fourth-order valence-corrected chi connectivity index (χ4v) is 1.81. The highest BCUT2D eigenvalue weighted by molar-refractivity contribution is 5.97. The van der Waals surface area contributed by atoms with Gasteiger partial charge in [-0.3, -0.25) is 9.59 Å². The summed E-state index contributed by atoms with van der Waals surface area (Å²) in [5.74, 6) is -1.03. The van der Waals surface area contributed by atoms with E-state index < -0.39 is 24.5 Å². The summed E-state index contributed by atoms with van der Waals surface area (Å²) in [5, 5.41) is 15.5. The third-order valence-electron chi connectivity index (χ3n) is 3.03. The second kappa shape index (κ2) is 8.45. The minimum Gasteiger partial charge on any atom is -0.394 e. The second-order valence-corrected chi connectivity index (χ2v) is 4.72. The molecule has 1 atom stereocenters. The van der Waals surface area contributed by atoms with Crippen LogP contribution in [0.5, 0.6) is 0 Å². The number of nitrogens with zero attached hydrogens (tertiary/aromatic N) is 1. The van der Waals surface area contributed by atoms with Crippen LogP contribution in [-0.4, -0.2) is 35.8 Å². The number of benzene rings is 2. The molecule has 118 valence electrons. The van der Waals surface area contributed by atoms with E-state index in [2.05, 4.69) is 15.8 Å². The first-order chi connectivity index (χ1) is 11.2. The molecule has 6 heteroatoms. The number of hydrazone groups is 1. The second-order valence-electron chi connectivity index (χ2n) is 4.72. The van der Waals surface area contributed by atoms with E-state index >= 15 is 0 Å². The van der Waals surface area contributed by atoms with Crippen LogP contribution in [0.2, 0.25) is 0 Å². The maximum absolute atomic E-state index is 12.0. The van der Waals surface area contributed by atoms with Crippen LogP contribution in [0.25, 0.3) is 0 Å². The van der Waals surface area contributed by atoms with Crippen molar-refractivity contribution in [1.82, 2.24) is 10.7 Å². The van der Waals surface area contributed by atoms with Gasteiger partial charge >= 0.3 is 0 Å². The van der Waals surface area contributed by atoms with E-state index in [0.29, 0.717) is 5.56 Å². The number of rotatable bonds is 6. The topological polar surface area (TPSA) is 90.8 Å². The lowest BCUT2D eigenvalue weighted by molar-refractivity contribution is -0.123. The number of nitrogens with one attached hydrogen (secondary N) is 2. The van der Waals surface area contributed by atoms with Gasteiger partial charge in [0.05, 0.1) is 12.8 Å². The molecule has 0 bridgehead atoms. The summed E-state index contributed by atoms with van der Waals surface area (Å²) >= 11 is 0. The summed E-state index contributed by atoms with van der Waals surface area (Å²) in [5.41, 5.74) is 3.52. The number of aliphatic hydroxyl groups excluding tert-OH is 1. The predicted octanol–water partition coefficient (Wildman–Crippen LogP) is 0.928. The van der Waals surface area contributed by atoms with E-state index in [1.54, 1.807) is 30.3 Å². The quantitative estimate of drug-likeness (QED) is 0.547. The number of hydrogen-bond donors (Lipinski definition) is 3. The standard InChI is InChI=1S/C17H17N3O3/c21-12-15(19-16(22)14-9-5-2-6-10-14)17(23)20-18-11-13-7-3-1-4-8-13/h1-11,15,21H,12H2,(H,19,22)(H,20,23)/t15-/m1/s1. The SMILES string of the molecule is O=C(N[C@H](CO)C(=O)NN=Cc1ccccc1)c1ccccc1. The molecule has 0 saturated heterocycles. The van der Waals surface area contributed by atoms with Crippen molar-refractivity contribution in [3.63, 3.8) is 0 Å². The van der Waals surface area contributed by atoms with Gasteiger partial charge in [-0.25, -0.2) is 5.43 Å². The third kappa shape index (κ3) is 5.05. The van der Waals surface area contributed by atoms with Crippen molar-refractivity contribution in [2.24, 2.45) is 5.10 Å². The number of hydrogen-bond acceptors (Lipinski definition) is 4. The van der Waals surface area contributed by atoms with E-state index in [-0.39, 0.29) is 0 Å². The largest absolute Gasteiger partial charge is 0.394 e. The highest BCUT2D eigenvalue weighted by Gasteiger charge is 2.20. The van der Waals surface area contributed by atoms with Gasteiger partial charge in [0.2, 0.25) is 0 Å². The Morgan fingerprint density at radius 3 is 2.26 bits per heavy atom. The first kappa shape index (κ1) is 16.4. The number of carbonyl (C=O) groups is 2. The van der Waals surface area contributed by atoms with E-state index in [1.165, 1.54) is 6.21 Å². The van der Waals surface area contributed by atoms with Crippen LogP contribution in [-0.2, 0) is 4.79 Å². The zero-order chi connectivity index (χ0) is 16.5. The first-order valence-corrected chi connectivity index (χ1v) is 7.05. The summed E-state index contributed by atoms with van der Waals surface area (Å²) in [6, 6.07) is 16.6. The molecule has 0 spiro atoms. The minimum absolute atomic E-state index is 0.409. The number of amides is 2. The molecule has 0 unspecified atom stereocenters. The van der Waals surface area contributed by atoms with Crippen molar-refractivity contribution in [2.75, 3.05) is 6.61 Å². The zero-order valence-electron chi connectivity index (χ0n) is 12.3. The Labute approximate surface area is 133 Å². The normalized spacial score (nSPS) is 11.9. The van der Waals surface area contributed by atoms with Gasteiger partial charge in [0.15, 0.2) is 0 Å². The Balaban J connectivity index is 1.91. The Morgan fingerprint density at radius 2 is 1.65 bits per heavy atom. The summed E-state index contributed by atoms with van der Waals surface area (Å²) in [6.07, 6.45) is 1.48. The van der Waals surface area contributed by atoms with Gasteiger partial charge in [-0.15, -0.1) is 0 Å². The Kier molecular flexibility index (Phi) is 6.02. The van der Waals surface area contributed by atoms with E-state index in [0.717, 1.165) is 5.56 Å². The van der Waals surface area contributed by atoms with Gasteiger partial charge in [-0.2, -0.15) is 5.10 Å². The summed E-state index contributed by atoms with van der Waals surface area (Å²) < 4.78 is 0. The van der Waals surface area contributed by atoms with Gasteiger partial charge in [-0.05, 0) is 17.7 Å². The third-order valence-corrected chi connectivity index (χ3v) is 3.03. The Hall–Kier alpha value is -2.99. The molecule has 23 heavy (non-hydrogen) atoms. The molecular formula is C17H17N3O3. The molecule has 0 aliphatic rings. The average Bonchev–Trinajstić information content (AvgIpc) is 2.61. The van der Waals surface area contributed by atoms with Crippen LogP contribution in [0.1, 0.15) is 15.9 Å². The lowest BCUT2D eigenvalue weighted by Crippen LogP contribution is -2.47. The van der Waals surface area contributed by atoms with Gasteiger partial charge in [0.1, 0.15) is 6.04 Å². The van der Waals surface area contributed by atoms with Crippen molar-refractivity contribution >= 4 is 18.0 Å². The fourth-order valence-electron chi connectivity index (χ4n) is 1.81. The van der Waals surface area contributed by atoms with Crippen LogP contribution in [0.4, 0.5) is 0 Å². The van der Waals surface area contributed by atoms with Crippen LogP contribution >= 0.6 is 0 Å². The maximum Gasteiger partial charge on any atom is 0.265 e. The molecule has 0 aliphatic carbocycles. The molecule has 0 heterocycles. The lowest BCUT2D eigenvalue weighted by Gasteiger charge is -2.14. The molecular weight excluding hydrogens is 294 g/mol. The van der Waals surface area contributed by atoms with E-state index in [9.17, 15) is 14.7 Å². The van der Waals surface area contributed by atoms with E-state index in [4.69, 9.17) is 0 Å². The minimum atomic E-state index is -1.07. The van der Waals surface area contributed by atoms with Gasteiger partial charge < -0.3 is 10.4 Å². The monoisotopic (exact) mass is 311 g/mol. The maximum atomic E-state index is 12.0. The van der Waals surface area contributed by atoms with Crippen molar-refractivity contribution in [1.29, 1.82) is 0 Å². The molecule has 0 aromatic heterocycles. The van der Waals surface area contributed by atoms with Crippen molar-refractivity contribution in [2.45, 2.75) is 6.04 Å². The van der Waals surface area contributed by atoms with Gasteiger partial charge in [0, 0.05) is 5.56 Å². The highest BCUT2D eigenvalue weighted by Crippen LogP contribution is 1.99. The van der Waals surface area contributed by atoms with Crippen LogP contribution < -0.4 is 10.7 Å². The number of carbonyl (C=O) groups excluding carboxylic acids is 2. The van der Waals surface area contributed by atoms with Crippen molar-refractivity contribution in [3.8, 4) is 0 Å². The van der Waals surface area contributed by atoms with Crippen molar-refractivity contribution in [3.05, 3.63) is 71.8 Å². The molecule has 2 rings (SSSR count).